The van der Waals surface area contributed by atoms with Crippen LogP contribution in [0.1, 0.15) is 43.7 Å². The van der Waals surface area contributed by atoms with Gasteiger partial charge in [0.15, 0.2) is 0 Å². The highest BCUT2D eigenvalue weighted by molar-refractivity contribution is 7.88. The molecular weight excluding hydrogens is 378 g/mol. The standard InChI is InChI=1S/C19H27N5O3S/c1-28(26,27)23-6-4-14(5-7-23)19(25)24-15-8-16(24)11-22(10-15)18-9-17(13-2-3-13)20-12-21-18/h9,12-16H,2-8,10-11H2,1H3. The maximum absolute atomic E-state index is 13.1. The van der Waals surface area contributed by atoms with Crippen molar-refractivity contribution in [3.05, 3.63) is 18.1 Å². The van der Waals surface area contributed by atoms with Crippen LogP contribution in [-0.2, 0) is 14.8 Å². The third kappa shape index (κ3) is 3.28. The normalized spacial score (nSPS) is 28.9. The lowest BCUT2D eigenvalue weighted by Gasteiger charge is -2.57. The van der Waals surface area contributed by atoms with Gasteiger partial charge in [-0.2, -0.15) is 0 Å². The average Bonchev–Trinajstić information content (AvgIpc) is 3.53. The number of rotatable bonds is 4. The minimum absolute atomic E-state index is 0.0460. The molecule has 2 unspecified atom stereocenters. The third-order valence-corrected chi connectivity index (χ3v) is 8.02. The van der Waals surface area contributed by atoms with Crippen LogP contribution in [0.5, 0.6) is 0 Å². The molecule has 0 radical (unpaired) electrons. The van der Waals surface area contributed by atoms with Crippen molar-refractivity contribution in [1.29, 1.82) is 0 Å². The van der Waals surface area contributed by atoms with Gasteiger partial charge in [0.25, 0.3) is 0 Å². The van der Waals surface area contributed by atoms with Gasteiger partial charge >= 0.3 is 0 Å². The van der Waals surface area contributed by atoms with E-state index in [2.05, 4.69) is 25.8 Å². The summed E-state index contributed by atoms with van der Waals surface area (Å²) < 4.78 is 24.8. The largest absolute Gasteiger partial charge is 0.352 e. The van der Waals surface area contributed by atoms with Crippen LogP contribution in [0.25, 0.3) is 0 Å². The zero-order chi connectivity index (χ0) is 19.5. The van der Waals surface area contributed by atoms with Crippen molar-refractivity contribution < 1.29 is 13.2 Å². The van der Waals surface area contributed by atoms with E-state index in [9.17, 15) is 13.2 Å². The van der Waals surface area contributed by atoms with Crippen LogP contribution in [0, 0.1) is 5.92 Å². The molecule has 152 valence electrons. The van der Waals surface area contributed by atoms with Crippen molar-refractivity contribution in [2.75, 3.05) is 37.3 Å². The first-order valence-electron chi connectivity index (χ1n) is 10.2. The SMILES string of the molecule is CS(=O)(=O)N1CCC(C(=O)N2C3CC2CN(c2cc(C4CC4)ncn2)C3)CC1. The number of carbonyl (C=O) groups excluding carboxylic acids is 1. The second kappa shape index (κ2) is 6.66. The third-order valence-electron chi connectivity index (χ3n) is 6.71. The molecule has 9 heteroatoms. The molecule has 0 N–H and O–H groups in total. The number of carbonyl (C=O) groups is 1. The summed E-state index contributed by atoms with van der Waals surface area (Å²) in [6.07, 6.45) is 7.67. The topological polar surface area (TPSA) is 86.7 Å². The Morgan fingerprint density at radius 2 is 1.75 bits per heavy atom. The number of hydrogen-bond donors (Lipinski definition) is 0. The first-order chi connectivity index (χ1) is 13.4. The van der Waals surface area contributed by atoms with Crippen LogP contribution in [0.3, 0.4) is 0 Å². The first kappa shape index (κ1) is 18.3. The molecule has 1 amide bonds. The molecule has 28 heavy (non-hydrogen) atoms. The Labute approximate surface area is 166 Å². The van der Waals surface area contributed by atoms with E-state index in [0.29, 0.717) is 31.8 Å². The van der Waals surface area contributed by atoms with Crippen molar-refractivity contribution in [2.24, 2.45) is 5.92 Å². The quantitative estimate of drug-likeness (QED) is 0.737. The lowest BCUT2D eigenvalue weighted by atomic mass is 9.84. The van der Waals surface area contributed by atoms with Gasteiger partial charge in [-0.05, 0) is 32.1 Å². The fourth-order valence-corrected chi connectivity index (χ4v) is 5.81. The molecule has 1 aromatic heterocycles. The molecule has 1 saturated carbocycles. The molecule has 1 aromatic rings. The van der Waals surface area contributed by atoms with Gasteiger partial charge in [-0.15, -0.1) is 0 Å². The summed E-state index contributed by atoms with van der Waals surface area (Å²) in [7, 11) is -3.16. The monoisotopic (exact) mass is 405 g/mol. The van der Waals surface area contributed by atoms with Gasteiger partial charge in [0.1, 0.15) is 12.1 Å². The number of piperazine rings is 1. The molecular formula is C19H27N5O3S. The Balaban J connectivity index is 1.21. The Morgan fingerprint density at radius 3 is 2.36 bits per heavy atom. The number of aromatic nitrogens is 2. The molecule has 4 aliphatic heterocycles. The van der Waals surface area contributed by atoms with E-state index in [4.69, 9.17) is 0 Å². The zero-order valence-corrected chi connectivity index (χ0v) is 17.0. The van der Waals surface area contributed by atoms with Crippen molar-refractivity contribution >= 4 is 21.7 Å². The van der Waals surface area contributed by atoms with Crippen LogP contribution in [0.4, 0.5) is 5.82 Å². The van der Waals surface area contributed by atoms with Crippen LogP contribution in [0.15, 0.2) is 12.4 Å². The van der Waals surface area contributed by atoms with Gasteiger partial charge in [-0.1, -0.05) is 0 Å². The number of piperidine rings is 2. The molecule has 0 aromatic carbocycles. The van der Waals surface area contributed by atoms with Crippen LogP contribution in [-0.4, -0.2) is 78.0 Å². The van der Waals surface area contributed by atoms with Crippen molar-refractivity contribution in [3.8, 4) is 0 Å². The lowest BCUT2D eigenvalue weighted by molar-refractivity contribution is -0.152. The van der Waals surface area contributed by atoms with E-state index >= 15 is 0 Å². The van der Waals surface area contributed by atoms with Crippen LogP contribution < -0.4 is 4.90 Å². The molecule has 4 saturated heterocycles. The predicted molar refractivity (Wildman–Crippen MR) is 104 cm³/mol. The number of fused-ring (bicyclic) bond motifs is 2. The molecule has 2 bridgehead atoms. The maximum atomic E-state index is 13.1. The summed E-state index contributed by atoms with van der Waals surface area (Å²) in [5.41, 5.74) is 1.15. The first-order valence-corrected chi connectivity index (χ1v) is 12.1. The fraction of sp³-hybridized carbons (Fsp3) is 0.737. The summed E-state index contributed by atoms with van der Waals surface area (Å²) in [6, 6.07) is 2.62. The molecule has 5 aliphatic rings. The fourth-order valence-electron chi connectivity index (χ4n) is 4.94. The van der Waals surface area contributed by atoms with Gasteiger partial charge in [-0.3, -0.25) is 4.79 Å². The Morgan fingerprint density at radius 1 is 1.07 bits per heavy atom. The van der Waals surface area contributed by atoms with Gasteiger partial charge in [-0.25, -0.2) is 22.7 Å². The van der Waals surface area contributed by atoms with E-state index < -0.39 is 10.0 Å². The Bertz CT molecular complexity index is 867. The van der Waals surface area contributed by atoms with E-state index in [1.165, 1.54) is 23.4 Å². The second-order valence-electron chi connectivity index (χ2n) is 8.71. The van der Waals surface area contributed by atoms with Crippen molar-refractivity contribution in [3.63, 3.8) is 0 Å². The Kier molecular flexibility index (Phi) is 4.35. The van der Waals surface area contributed by atoms with Crippen LogP contribution >= 0.6 is 0 Å². The predicted octanol–water partition coefficient (Wildman–Crippen LogP) is 0.815. The molecule has 0 spiro atoms. The summed E-state index contributed by atoms with van der Waals surface area (Å²) in [5, 5.41) is 0. The van der Waals surface area contributed by atoms with E-state index in [0.717, 1.165) is 31.0 Å². The van der Waals surface area contributed by atoms with Gasteiger partial charge in [0.05, 0.1) is 18.3 Å². The van der Waals surface area contributed by atoms with Gasteiger partial charge in [0, 0.05) is 49.8 Å². The molecule has 5 fully saturated rings. The Hall–Kier alpha value is -1.74. The number of anilines is 1. The molecule has 2 atom stereocenters. The molecule has 8 nitrogen and oxygen atoms in total. The number of sulfonamides is 1. The van der Waals surface area contributed by atoms with Gasteiger partial charge < -0.3 is 9.80 Å². The van der Waals surface area contributed by atoms with Crippen molar-refractivity contribution in [2.45, 2.75) is 50.1 Å². The minimum Gasteiger partial charge on any atom is -0.352 e. The van der Waals surface area contributed by atoms with E-state index in [1.54, 1.807) is 6.33 Å². The smallest absolute Gasteiger partial charge is 0.226 e. The maximum Gasteiger partial charge on any atom is 0.226 e. The molecule has 6 rings (SSSR count). The van der Waals surface area contributed by atoms with Gasteiger partial charge in [0.2, 0.25) is 15.9 Å². The number of amides is 1. The average molecular weight is 406 g/mol. The van der Waals surface area contributed by atoms with Crippen LogP contribution in [0.2, 0.25) is 0 Å². The summed E-state index contributed by atoms with van der Waals surface area (Å²) >= 11 is 0. The molecule has 1 aliphatic carbocycles. The number of hydrogen-bond acceptors (Lipinski definition) is 6. The van der Waals surface area contributed by atoms with E-state index in [-0.39, 0.29) is 23.9 Å². The highest BCUT2D eigenvalue weighted by Gasteiger charge is 2.49. The highest BCUT2D eigenvalue weighted by Crippen LogP contribution is 2.41. The highest BCUT2D eigenvalue weighted by atomic mass is 32.2. The summed E-state index contributed by atoms with van der Waals surface area (Å²) in [4.78, 5) is 26.3. The summed E-state index contributed by atoms with van der Waals surface area (Å²) in [6.45, 7) is 2.56. The minimum atomic E-state index is -3.16. The summed E-state index contributed by atoms with van der Waals surface area (Å²) in [5.74, 6) is 1.77. The lowest BCUT2D eigenvalue weighted by Crippen LogP contribution is -2.71. The van der Waals surface area contributed by atoms with Crippen molar-refractivity contribution in [1.82, 2.24) is 19.2 Å². The van der Waals surface area contributed by atoms with E-state index in [1.807, 2.05) is 0 Å². The second-order valence-corrected chi connectivity index (χ2v) is 10.7. The number of nitrogens with zero attached hydrogens (tertiary/aromatic N) is 5. The molecule has 5 heterocycles. The zero-order valence-electron chi connectivity index (χ0n) is 16.2.